The van der Waals surface area contributed by atoms with Crippen LogP contribution in [0, 0.1) is 5.82 Å². The lowest BCUT2D eigenvalue weighted by Crippen LogP contribution is -1.91. The molecule has 1 aromatic heterocycles. The van der Waals surface area contributed by atoms with Crippen molar-refractivity contribution < 1.29 is 13.9 Å². The first-order valence-corrected chi connectivity index (χ1v) is 5.24. The van der Waals surface area contributed by atoms with E-state index in [1.54, 1.807) is 24.3 Å². The van der Waals surface area contributed by atoms with Crippen LogP contribution in [-0.4, -0.2) is 5.11 Å². The SMILES string of the molecule is CCC(O)c1ccc(-c2ccc(F)cc2)o1. The minimum atomic E-state index is -0.575. The third kappa shape index (κ3) is 2.14. The number of rotatable bonds is 3. The van der Waals surface area contributed by atoms with Crippen LogP contribution in [0.1, 0.15) is 25.2 Å². The molecule has 0 radical (unpaired) electrons. The summed E-state index contributed by atoms with van der Waals surface area (Å²) in [4.78, 5) is 0. The van der Waals surface area contributed by atoms with Gasteiger partial charge in [-0.15, -0.1) is 0 Å². The summed E-state index contributed by atoms with van der Waals surface area (Å²) in [7, 11) is 0. The smallest absolute Gasteiger partial charge is 0.134 e. The van der Waals surface area contributed by atoms with Crippen LogP contribution in [0.4, 0.5) is 4.39 Å². The summed E-state index contributed by atoms with van der Waals surface area (Å²) in [6.45, 7) is 1.88. The normalized spacial score (nSPS) is 12.7. The Morgan fingerprint density at radius 1 is 1.19 bits per heavy atom. The molecule has 0 bridgehead atoms. The largest absolute Gasteiger partial charge is 0.458 e. The van der Waals surface area contributed by atoms with E-state index in [4.69, 9.17) is 4.42 Å². The first-order valence-electron chi connectivity index (χ1n) is 5.24. The van der Waals surface area contributed by atoms with Crippen molar-refractivity contribution >= 4 is 0 Å². The molecule has 0 aliphatic rings. The van der Waals surface area contributed by atoms with Crippen molar-refractivity contribution in [3.05, 3.63) is 48.0 Å². The third-order valence-corrected chi connectivity index (χ3v) is 2.47. The van der Waals surface area contributed by atoms with Crippen molar-refractivity contribution in [1.29, 1.82) is 0 Å². The molecule has 0 fully saturated rings. The Morgan fingerprint density at radius 2 is 1.88 bits per heavy atom. The van der Waals surface area contributed by atoms with Crippen molar-refractivity contribution in [2.24, 2.45) is 0 Å². The van der Waals surface area contributed by atoms with Gasteiger partial charge in [-0.1, -0.05) is 6.92 Å². The van der Waals surface area contributed by atoms with Gasteiger partial charge >= 0.3 is 0 Å². The fourth-order valence-corrected chi connectivity index (χ4v) is 1.50. The fourth-order valence-electron chi connectivity index (χ4n) is 1.50. The predicted octanol–water partition coefficient (Wildman–Crippen LogP) is 3.53. The topological polar surface area (TPSA) is 33.4 Å². The lowest BCUT2D eigenvalue weighted by atomic mass is 10.2. The van der Waals surface area contributed by atoms with Crippen LogP contribution >= 0.6 is 0 Å². The molecule has 16 heavy (non-hydrogen) atoms. The molecular weight excluding hydrogens is 207 g/mol. The molecule has 0 saturated heterocycles. The Hall–Kier alpha value is -1.61. The van der Waals surface area contributed by atoms with E-state index in [1.165, 1.54) is 12.1 Å². The highest BCUT2D eigenvalue weighted by Crippen LogP contribution is 2.26. The zero-order valence-corrected chi connectivity index (χ0v) is 8.98. The summed E-state index contributed by atoms with van der Waals surface area (Å²) in [5.41, 5.74) is 0.802. The van der Waals surface area contributed by atoms with E-state index in [0.29, 0.717) is 17.9 Å². The lowest BCUT2D eigenvalue weighted by Gasteiger charge is -2.02. The number of hydrogen-bond donors (Lipinski definition) is 1. The van der Waals surface area contributed by atoms with Gasteiger partial charge in [0.05, 0.1) is 0 Å². The highest BCUT2D eigenvalue weighted by Gasteiger charge is 2.10. The van der Waals surface area contributed by atoms with E-state index in [2.05, 4.69) is 0 Å². The maximum absolute atomic E-state index is 12.7. The van der Waals surface area contributed by atoms with E-state index in [1.807, 2.05) is 6.92 Å². The summed E-state index contributed by atoms with van der Waals surface area (Å²) >= 11 is 0. The third-order valence-electron chi connectivity index (χ3n) is 2.47. The summed E-state index contributed by atoms with van der Waals surface area (Å²) in [5, 5.41) is 9.58. The minimum Gasteiger partial charge on any atom is -0.458 e. The fraction of sp³-hybridized carbons (Fsp3) is 0.231. The van der Waals surface area contributed by atoms with Crippen LogP contribution in [-0.2, 0) is 0 Å². The van der Waals surface area contributed by atoms with E-state index in [-0.39, 0.29) is 5.82 Å². The van der Waals surface area contributed by atoms with Gasteiger partial charge in [-0.05, 0) is 42.8 Å². The highest BCUT2D eigenvalue weighted by molar-refractivity contribution is 5.57. The van der Waals surface area contributed by atoms with Crippen molar-refractivity contribution in [3.63, 3.8) is 0 Å². The quantitative estimate of drug-likeness (QED) is 0.858. The van der Waals surface area contributed by atoms with Crippen molar-refractivity contribution in [3.8, 4) is 11.3 Å². The average Bonchev–Trinajstić information content (AvgIpc) is 2.78. The Labute approximate surface area is 93.3 Å². The van der Waals surface area contributed by atoms with Crippen LogP contribution in [0.2, 0.25) is 0 Å². The highest BCUT2D eigenvalue weighted by atomic mass is 19.1. The first kappa shape index (κ1) is 10.9. The van der Waals surface area contributed by atoms with E-state index in [9.17, 15) is 9.50 Å². The molecule has 0 amide bonds. The van der Waals surface area contributed by atoms with Crippen LogP contribution in [0.3, 0.4) is 0 Å². The summed E-state index contributed by atoms with van der Waals surface area (Å²) in [5.74, 6) is 0.911. The molecule has 0 aliphatic heterocycles. The maximum atomic E-state index is 12.7. The zero-order chi connectivity index (χ0) is 11.5. The van der Waals surface area contributed by atoms with Crippen molar-refractivity contribution in [1.82, 2.24) is 0 Å². The molecule has 0 saturated carbocycles. The molecule has 1 aromatic carbocycles. The average molecular weight is 220 g/mol. The number of aliphatic hydroxyl groups is 1. The minimum absolute atomic E-state index is 0.274. The molecule has 0 spiro atoms. The van der Waals surface area contributed by atoms with Gasteiger partial charge in [0.15, 0.2) is 0 Å². The predicted molar refractivity (Wildman–Crippen MR) is 59.4 cm³/mol. The van der Waals surface area contributed by atoms with Crippen LogP contribution in [0.5, 0.6) is 0 Å². The molecule has 1 unspecified atom stereocenters. The standard InChI is InChI=1S/C13H13FO2/c1-2-11(15)13-8-7-12(16-13)9-3-5-10(14)6-4-9/h3-8,11,15H,2H2,1H3. The number of aliphatic hydroxyl groups excluding tert-OH is 1. The summed E-state index contributed by atoms with van der Waals surface area (Å²) < 4.78 is 18.2. The van der Waals surface area contributed by atoms with E-state index < -0.39 is 6.10 Å². The molecule has 0 aliphatic carbocycles. The van der Waals surface area contributed by atoms with Gasteiger partial charge in [-0.3, -0.25) is 0 Å². The Balaban J connectivity index is 2.28. The van der Waals surface area contributed by atoms with E-state index >= 15 is 0 Å². The second kappa shape index (κ2) is 4.49. The second-order valence-electron chi connectivity index (χ2n) is 3.63. The van der Waals surface area contributed by atoms with Crippen LogP contribution < -0.4 is 0 Å². The zero-order valence-electron chi connectivity index (χ0n) is 8.98. The molecular formula is C13H13FO2. The molecule has 2 aromatic rings. The van der Waals surface area contributed by atoms with Crippen molar-refractivity contribution in [2.45, 2.75) is 19.4 Å². The Bertz CT molecular complexity index is 459. The molecule has 1 N–H and O–H groups in total. The number of furan rings is 1. The van der Waals surface area contributed by atoms with Gasteiger partial charge in [0.1, 0.15) is 23.4 Å². The van der Waals surface area contributed by atoms with Gasteiger partial charge in [0.25, 0.3) is 0 Å². The molecule has 3 heteroatoms. The molecule has 84 valence electrons. The van der Waals surface area contributed by atoms with Gasteiger partial charge in [0.2, 0.25) is 0 Å². The molecule has 2 nitrogen and oxygen atoms in total. The summed E-state index contributed by atoms with van der Waals surface area (Å²) in [6, 6.07) is 9.59. The molecule has 1 heterocycles. The Morgan fingerprint density at radius 3 is 2.50 bits per heavy atom. The first-order chi connectivity index (χ1) is 7.70. The second-order valence-corrected chi connectivity index (χ2v) is 3.63. The number of hydrogen-bond acceptors (Lipinski definition) is 2. The van der Waals surface area contributed by atoms with Gasteiger partial charge < -0.3 is 9.52 Å². The van der Waals surface area contributed by atoms with Crippen LogP contribution in [0.25, 0.3) is 11.3 Å². The molecule has 1 atom stereocenters. The molecule has 2 rings (SSSR count). The lowest BCUT2D eigenvalue weighted by molar-refractivity contribution is 0.147. The maximum Gasteiger partial charge on any atom is 0.134 e. The van der Waals surface area contributed by atoms with Gasteiger partial charge in [-0.2, -0.15) is 0 Å². The van der Waals surface area contributed by atoms with Gasteiger partial charge in [-0.25, -0.2) is 4.39 Å². The summed E-state index contributed by atoms with van der Waals surface area (Å²) in [6.07, 6.45) is 0.0327. The van der Waals surface area contributed by atoms with E-state index in [0.717, 1.165) is 5.56 Å². The van der Waals surface area contributed by atoms with Gasteiger partial charge in [0, 0.05) is 5.56 Å². The van der Waals surface area contributed by atoms with Crippen LogP contribution in [0.15, 0.2) is 40.8 Å². The number of halogens is 1. The monoisotopic (exact) mass is 220 g/mol. The number of benzene rings is 1. The van der Waals surface area contributed by atoms with Crippen molar-refractivity contribution in [2.75, 3.05) is 0 Å². The Kier molecular flexibility index (Phi) is 3.06.